The molecule has 0 radical (unpaired) electrons. The van der Waals surface area contributed by atoms with Crippen molar-refractivity contribution in [3.63, 3.8) is 0 Å². The van der Waals surface area contributed by atoms with Crippen molar-refractivity contribution in [2.45, 2.75) is 20.3 Å². The SMILES string of the molecule is C=C(C)CC(/C=C\NC)=C/C. The van der Waals surface area contributed by atoms with Gasteiger partial charge in [0.2, 0.25) is 0 Å². The average molecular weight is 151 g/mol. The lowest BCUT2D eigenvalue weighted by Gasteiger charge is -1.99. The van der Waals surface area contributed by atoms with Crippen LogP contribution in [0.4, 0.5) is 0 Å². The van der Waals surface area contributed by atoms with Crippen molar-refractivity contribution in [1.29, 1.82) is 0 Å². The van der Waals surface area contributed by atoms with Gasteiger partial charge in [0.1, 0.15) is 0 Å². The normalized spacial score (nSPS) is 12.1. The summed E-state index contributed by atoms with van der Waals surface area (Å²) in [7, 11) is 1.89. The van der Waals surface area contributed by atoms with E-state index in [0.29, 0.717) is 0 Å². The molecule has 0 unspecified atom stereocenters. The summed E-state index contributed by atoms with van der Waals surface area (Å²) in [6, 6.07) is 0. The molecule has 0 aromatic carbocycles. The molecule has 0 spiro atoms. The standard InChI is InChI=1S/C10H17N/c1-5-10(6-7-11-4)8-9(2)3/h5-7,11H,2,8H2,1,3-4H3/b7-6-,10-5+. The third kappa shape index (κ3) is 5.46. The molecule has 0 aliphatic heterocycles. The van der Waals surface area contributed by atoms with Gasteiger partial charge in [0.05, 0.1) is 0 Å². The molecule has 0 aliphatic carbocycles. The summed E-state index contributed by atoms with van der Waals surface area (Å²) < 4.78 is 0. The van der Waals surface area contributed by atoms with Gasteiger partial charge in [-0.05, 0) is 38.1 Å². The van der Waals surface area contributed by atoms with Gasteiger partial charge in [-0.15, -0.1) is 0 Å². The number of allylic oxidation sites excluding steroid dienone is 4. The summed E-state index contributed by atoms with van der Waals surface area (Å²) in [6.45, 7) is 7.93. The number of hydrogen-bond acceptors (Lipinski definition) is 1. The Morgan fingerprint density at radius 2 is 2.18 bits per heavy atom. The van der Waals surface area contributed by atoms with E-state index in [1.165, 1.54) is 11.1 Å². The topological polar surface area (TPSA) is 12.0 Å². The van der Waals surface area contributed by atoms with Crippen LogP contribution in [0.1, 0.15) is 20.3 Å². The number of rotatable bonds is 4. The molecule has 1 N–H and O–H groups in total. The van der Waals surface area contributed by atoms with Crippen LogP contribution in [0, 0.1) is 0 Å². The minimum Gasteiger partial charge on any atom is -0.394 e. The maximum Gasteiger partial charge on any atom is 0.00277 e. The first kappa shape index (κ1) is 10.0. The van der Waals surface area contributed by atoms with Gasteiger partial charge < -0.3 is 5.32 Å². The lowest BCUT2D eigenvalue weighted by atomic mass is 10.1. The summed E-state index contributed by atoms with van der Waals surface area (Å²) in [5.74, 6) is 0. The first-order valence-corrected chi connectivity index (χ1v) is 3.84. The quantitative estimate of drug-likeness (QED) is 0.481. The largest absolute Gasteiger partial charge is 0.394 e. The van der Waals surface area contributed by atoms with Crippen LogP contribution in [0.3, 0.4) is 0 Å². The van der Waals surface area contributed by atoms with E-state index in [1.807, 2.05) is 27.1 Å². The van der Waals surface area contributed by atoms with Crippen molar-refractivity contribution in [3.8, 4) is 0 Å². The second kappa shape index (κ2) is 5.78. The van der Waals surface area contributed by atoms with E-state index >= 15 is 0 Å². The van der Waals surface area contributed by atoms with Gasteiger partial charge in [-0.25, -0.2) is 0 Å². The summed E-state index contributed by atoms with van der Waals surface area (Å²) in [4.78, 5) is 0. The van der Waals surface area contributed by atoms with Gasteiger partial charge in [-0.2, -0.15) is 0 Å². The molecule has 0 bridgehead atoms. The maximum absolute atomic E-state index is 3.86. The van der Waals surface area contributed by atoms with E-state index in [4.69, 9.17) is 0 Å². The zero-order valence-corrected chi connectivity index (χ0v) is 7.65. The van der Waals surface area contributed by atoms with Gasteiger partial charge in [0.25, 0.3) is 0 Å². The Balaban J connectivity index is 3.98. The molecule has 0 heterocycles. The van der Waals surface area contributed by atoms with Crippen molar-refractivity contribution < 1.29 is 0 Å². The smallest absolute Gasteiger partial charge is 0.00277 e. The zero-order chi connectivity index (χ0) is 8.69. The molecule has 0 aromatic rings. The predicted octanol–water partition coefficient (Wildman–Crippen LogP) is 2.63. The second-order valence-corrected chi connectivity index (χ2v) is 2.62. The van der Waals surface area contributed by atoms with Gasteiger partial charge >= 0.3 is 0 Å². The Bertz CT molecular complexity index is 175. The fourth-order valence-electron chi connectivity index (χ4n) is 0.796. The van der Waals surface area contributed by atoms with Crippen LogP contribution in [0.2, 0.25) is 0 Å². The van der Waals surface area contributed by atoms with E-state index < -0.39 is 0 Å². The monoisotopic (exact) mass is 151 g/mol. The Morgan fingerprint density at radius 3 is 2.55 bits per heavy atom. The van der Waals surface area contributed by atoms with Crippen molar-refractivity contribution in [3.05, 3.63) is 36.1 Å². The fourth-order valence-corrected chi connectivity index (χ4v) is 0.796. The van der Waals surface area contributed by atoms with Gasteiger partial charge in [0.15, 0.2) is 0 Å². The molecule has 1 heteroatoms. The Morgan fingerprint density at radius 1 is 1.55 bits per heavy atom. The third-order valence-corrected chi connectivity index (χ3v) is 1.34. The van der Waals surface area contributed by atoms with Crippen LogP contribution in [0.5, 0.6) is 0 Å². The van der Waals surface area contributed by atoms with Crippen LogP contribution in [-0.4, -0.2) is 7.05 Å². The lowest BCUT2D eigenvalue weighted by molar-refractivity contribution is 1.08. The van der Waals surface area contributed by atoms with Gasteiger partial charge in [-0.3, -0.25) is 0 Å². The van der Waals surface area contributed by atoms with Crippen LogP contribution in [0.25, 0.3) is 0 Å². The summed E-state index contributed by atoms with van der Waals surface area (Å²) in [5, 5.41) is 2.95. The summed E-state index contributed by atoms with van der Waals surface area (Å²) in [5.41, 5.74) is 2.49. The molecule has 0 amide bonds. The second-order valence-electron chi connectivity index (χ2n) is 2.62. The highest BCUT2D eigenvalue weighted by Gasteiger charge is 1.89. The highest BCUT2D eigenvalue weighted by Crippen LogP contribution is 2.08. The minimum absolute atomic E-state index is 0.967. The van der Waals surface area contributed by atoms with Crippen molar-refractivity contribution >= 4 is 0 Å². The molecular weight excluding hydrogens is 134 g/mol. The first-order chi connectivity index (χ1) is 5.20. The molecular formula is C10H17N. The molecule has 0 atom stereocenters. The fraction of sp³-hybridized carbons (Fsp3) is 0.400. The summed E-state index contributed by atoms with van der Waals surface area (Å²) in [6.07, 6.45) is 7.06. The predicted molar refractivity (Wildman–Crippen MR) is 51.4 cm³/mol. The van der Waals surface area contributed by atoms with Crippen molar-refractivity contribution in [2.75, 3.05) is 7.05 Å². The molecule has 0 aliphatic rings. The highest BCUT2D eigenvalue weighted by molar-refractivity contribution is 5.22. The van der Waals surface area contributed by atoms with Gasteiger partial charge in [0, 0.05) is 7.05 Å². The Kier molecular flexibility index (Phi) is 5.26. The van der Waals surface area contributed by atoms with Crippen molar-refractivity contribution in [2.24, 2.45) is 0 Å². The minimum atomic E-state index is 0.967. The number of nitrogens with one attached hydrogen (secondary N) is 1. The Hall–Kier alpha value is -0.980. The van der Waals surface area contributed by atoms with Crippen LogP contribution >= 0.6 is 0 Å². The lowest BCUT2D eigenvalue weighted by Crippen LogP contribution is -1.92. The molecule has 0 saturated carbocycles. The number of hydrogen-bond donors (Lipinski definition) is 1. The molecule has 11 heavy (non-hydrogen) atoms. The first-order valence-electron chi connectivity index (χ1n) is 3.84. The molecule has 62 valence electrons. The zero-order valence-electron chi connectivity index (χ0n) is 7.65. The van der Waals surface area contributed by atoms with Crippen molar-refractivity contribution in [1.82, 2.24) is 5.32 Å². The van der Waals surface area contributed by atoms with E-state index in [1.54, 1.807) is 0 Å². The molecule has 0 aromatic heterocycles. The van der Waals surface area contributed by atoms with E-state index in [-0.39, 0.29) is 0 Å². The average Bonchev–Trinajstić information content (AvgIpc) is 1.97. The summed E-state index contributed by atoms with van der Waals surface area (Å²) >= 11 is 0. The van der Waals surface area contributed by atoms with E-state index in [0.717, 1.165) is 6.42 Å². The third-order valence-electron chi connectivity index (χ3n) is 1.34. The molecule has 0 saturated heterocycles. The van der Waals surface area contributed by atoms with E-state index in [9.17, 15) is 0 Å². The molecule has 1 nitrogen and oxygen atoms in total. The van der Waals surface area contributed by atoms with Crippen LogP contribution < -0.4 is 5.32 Å². The Labute approximate surface area is 69.5 Å². The molecule has 0 rings (SSSR count). The van der Waals surface area contributed by atoms with Crippen LogP contribution in [0.15, 0.2) is 36.1 Å². The maximum atomic E-state index is 3.86. The van der Waals surface area contributed by atoms with Gasteiger partial charge in [-0.1, -0.05) is 18.2 Å². The van der Waals surface area contributed by atoms with Crippen LogP contribution in [-0.2, 0) is 0 Å². The molecule has 0 fully saturated rings. The highest BCUT2D eigenvalue weighted by atomic mass is 14.8. The van der Waals surface area contributed by atoms with E-state index in [2.05, 4.69) is 24.0 Å².